The maximum Gasteiger partial charge on any atom is 0.205 e. The van der Waals surface area contributed by atoms with Crippen molar-refractivity contribution in [3.63, 3.8) is 0 Å². The van der Waals surface area contributed by atoms with Gasteiger partial charge in [-0.15, -0.1) is 11.3 Å². The minimum Gasteiger partial charge on any atom is -0.396 e. The molecule has 2 rings (SSSR count). The Morgan fingerprint density at radius 3 is 2.65 bits per heavy atom. The van der Waals surface area contributed by atoms with Crippen LogP contribution in [0.15, 0.2) is 28.7 Å². The Morgan fingerprint density at radius 1 is 1.45 bits per heavy atom. The van der Waals surface area contributed by atoms with Crippen LogP contribution < -0.4 is 11.1 Å². The summed E-state index contributed by atoms with van der Waals surface area (Å²) in [5.74, 6) is -0.166. The van der Waals surface area contributed by atoms with Gasteiger partial charge in [-0.25, -0.2) is 0 Å². The summed E-state index contributed by atoms with van der Waals surface area (Å²) >= 11 is 4.55. The van der Waals surface area contributed by atoms with Gasteiger partial charge >= 0.3 is 0 Å². The van der Waals surface area contributed by atoms with Crippen molar-refractivity contribution in [2.45, 2.75) is 6.92 Å². The predicted molar refractivity (Wildman–Crippen MR) is 85.2 cm³/mol. The first-order valence-electron chi connectivity index (χ1n) is 5.95. The van der Waals surface area contributed by atoms with Crippen LogP contribution in [0.25, 0.3) is 0 Å². The molecule has 102 valence electrons. The quantitative estimate of drug-likeness (QED) is 0.826. The van der Waals surface area contributed by atoms with E-state index in [0.717, 1.165) is 4.47 Å². The molecule has 0 spiro atoms. The highest BCUT2D eigenvalue weighted by Crippen LogP contribution is 2.36. The molecule has 20 heavy (non-hydrogen) atoms. The van der Waals surface area contributed by atoms with Crippen LogP contribution in [0.3, 0.4) is 0 Å². The summed E-state index contributed by atoms with van der Waals surface area (Å²) in [6, 6.07) is 9.10. The molecule has 3 N–H and O–H groups in total. The lowest BCUT2D eigenvalue weighted by Crippen LogP contribution is -2.02. The summed E-state index contributed by atoms with van der Waals surface area (Å²) in [5, 5.41) is 12.9. The molecule has 0 aliphatic carbocycles. The number of nitrogens with one attached hydrogen (secondary N) is 1. The van der Waals surface area contributed by atoms with Crippen LogP contribution in [-0.4, -0.2) is 12.3 Å². The number of nitrogens with two attached hydrogens (primary N) is 1. The molecule has 1 aromatic carbocycles. The summed E-state index contributed by atoms with van der Waals surface area (Å²) in [4.78, 5) is 12.8. The molecule has 0 bridgehead atoms. The fourth-order valence-corrected chi connectivity index (χ4v) is 3.11. The van der Waals surface area contributed by atoms with Crippen LogP contribution in [0.5, 0.6) is 0 Å². The lowest BCUT2D eigenvalue weighted by molar-refractivity contribution is 0.104. The molecule has 6 heteroatoms. The number of ketones is 1. The first kappa shape index (κ1) is 14.6. The SMILES string of the molecule is CCNc1sc(C(=O)c2ccc(Br)cc2)c(N)c1C#N. The minimum absolute atomic E-state index is 0.166. The van der Waals surface area contributed by atoms with Gasteiger partial charge in [-0.05, 0) is 31.2 Å². The number of benzene rings is 1. The number of hydrogen-bond donors (Lipinski definition) is 2. The van der Waals surface area contributed by atoms with E-state index in [0.29, 0.717) is 27.5 Å². The van der Waals surface area contributed by atoms with Gasteiger partial charge in [-0.1, -0.05) is 15.9 Å². The summed E-state index contributed by atoms with van der Waals surface area (Å²) in [7, 11) is 0. The van der Waals surface area contributed by atoms with Crippen molar-refractivity contribution in [1.29, 1.82) is 5.26 Å². The summed E-state index contributed by atoms with van der Waals surface area (Å²) in [6.45, 7) is 2.59. The highest BCUT2D eigenvalue weighted by Gasteiger charge is 2.21. The van der Waals surface area contributed by atoms with E-state index in [1.54, 1.807) is 24.3 Å². The van der Waals surface area contributed by atoms with Crippen molar-refractivity contribution in [2.24, 2.45) is 0 Å². The molecular formula is C14H12BrN3OS. The standard InChI is InChI=1S/C14H12BrN3OS/c1-2-18-14-10(7-16)11(17)13(20-14)12(19)8-3-5-9(15)6-4-8/h3-6,18H,2,17H2,1H3. The van der Waals surface area contributed by atoms with E-state index in [-0.39, 0.29) is 11.5 Å². The second kappa shape index (κ2) is 6.07. The van der Waals surface area contributed by atoms with Crippen LogP contribution in [0, 0.1) is 11.3 Å². The van der Waals surface area contributed by atoms with Crippen molar-refractivity contribution in [2.75, 3.05) is 17.6 Å². The molecule has 0 unspecified atom stereocenters. The van der Waals surface area contributed by atoms with E-state index >= 15 is 0 Å². The zero-order chi connectivity index (χ0) is 14.7. The Kier molecular flexibility index (Phi) is 4.42. The highest BCUT2D eigenvalue weighted by molar-refractivity contribution is 9.10. The first-order valence-corrected chi connectivity index (χ1v) is 7.56. The molecule has 0 saturated heterocycles. The lowest BCUT2D eigenvalue weighted by Gasteiger charge is -2.00. The third kappa shape index (κ3) is 2.69. The van der Waals surface area contributed by atoms with Crippen molar-refractivity contribution in [3.8, 4) is 6.07 Å². The van der Waals surface area contributed by atoms with Crippen LogP contribution in [0.1, 0.15) is 27.7 Å². The summed E-state index contributed by atoms with van der Waals surface area (Å²) in [6.07, 6.45) is 0. The van der Waals surface area contributed by atoms with Crippen molar-refractivity contribution < 1.29 is 4.79 Å². The molecule has 0 aliphatic rings. The molecule has 0 saturated carbocycles. The molecule has 2 aromatic rings. The van der Waals surface area contributed by atoms with Gasteiger partial charge in [0.2, 0.25) is 5.78 Å². The van der Waals surface area contributed by atoms with Gasteiger partial charge in [0.1, 0.15) is 21.5 Å². The van der Waals surface area contributed by atoms with Gasteiger partial charge in [0.25, 0.3) is 0 Å². The second-order valence-electron chi connectivity index (χ2n) is 4.03. The number of carbonyl (C=O) groups excluding carboxylic acids is 1. The van der Waals surface area contributed by atoms with Crippen molar-refractivity contribution in [3.05, 3.63) is 44.7 Å². The zero-order valence-corrected chi connectivity index (χ0v) is 13.1. The second-order valence-corrected chi connectivity index (χ2v) is 5.96. The fourth-order valence-electron chi connectivity index (χ4n) is 1.74. The Balaban J connectivity index is 2.45. The van der Waals surface area contributed by atoms with Crippen LogP contribution in [-0.2, 0) is 0 Å². The van der Waals surface area contributed by atoms with E-state index in [1.165, 1.54) is 11.3 Å². The summed E-state index contributed by atoms with van der Waals surface area (Å²) in [5.41, 5.74) is 7.08. The Labute approximate surface area is 129 Å². The predicted octanol–water partition coefficient (Wildman–Crippen LogP) is 3.63. The average molecular weight is 350 g/mol. The molecule has 1 heterocycles. The Bertz CT molecular complexity index is 686. The number of anilines is 2. The number of hydrogen-bond acceptors (Lipinski definition) is 5. The molecule has 0 radical (unpaired) electrons. The average Bonchev–Trinajstić information content (AvgIpc) is 2.75. The van der Waals surface area contributed by atoms with E-state index in [4.69, 9.17) is 11.0 Å². The van der Waals surface area contributed by atoms with Gasteiger partial charge in [0, 0.05) is 16.6 Å². The van der Waals surface area contributed by atoms with Crippen LogP contribution in [0.4, 0.5) is 10.7 Å². The van der Waals surface area contributed by atoms with Crippen molar-refractivity contribution >= 4 is 43.7 Å². The van der Waals surface area contributed by atoms with E-state index in [2.05, 4.69) is 21.2 Å². The number of thiophene rings is 1. The number of rotatable bonds is 4. The van der Waals surface area contributed by atoms with Crippen molar-refractivity contribution in [1.82, 2.24) is 0 Å². The van der Waals surface area contributed by atoms with Gasteiger partial charge < -0.3 is 11.1 Å². The number of carbonyl (C=O) groups is 1. The molecule has 0 amide bonds. The van der Waals surface area contributed by atoms with Gasteiger partial charge in [-0.3, -0.25) is 4.79 Å². The molecule has 1 aromatic heterocycles. The molecule has 0 atom stereocenters. The zero-order valence-electron chi connectivity index (χ0n) is 10.7. The van der Waals surface area contributed by atoms with E-state index < -0.39 is 0 Å². The number of halogens is 1. The normalized spacial score (nSPS) is 10.1. The monoisotopic (exact) mass is 349 g/mol. The Hall–Kier alpha value is -1.84. The summed E-state index contributed by atoms with van der Waals surface area (Å²) < 4.78 is 0.902. The first-order chi connectivity index (χ1) is 9.58. The molecular weight excluding hydrogens is 338 g/mol. The Morgan fingerprint density at radius 2 is 2.10 bits per heavy atom. The maximum absolute atomic E-state index is 12.4. The maximum atomic E-state index is 12.4. The third-order valence-corrected chi connectivity index (χ3v) is 4.40. The smallest absolute Gasteiger partial charge is 0.205 e. The third-order valence-electron chi connectivity index (χ3n) is 2.71. The topological polar surface area (TPSA) is 78.9 Å². The van der Waals surface area contributed by atoms with Crippen LogP contribution in [0.2, 0.25) is 0 Å². The largest absolute Gasteiger partial charge is 0.396 e. The highest BCUT2D eigenvalue weighted by atomic mass is 79.9. The fraction of sp³-hybridized carbons (Fsp3) is 0.143. The van der Waals surface area contributed by atoms with Gasteiger partial charge in [-0.2, -0.15) is 5.26 Å². The van der Waals surface area contributed by atoms with E-state index in [1.807, 2.05) is 13.0 Å². The van der Waals surface area contributed by atoms with Gasteiger partial charge in [0.15, 0.2) is 0 Å². The molecule has 0 aliphatic heterocycles. The molecule has 0 fully saturated rings. The van der Waals surface area contributed by atoms with Crippen LogP contribution >= 0.6 is 27.3 Å². The lowest BCUT2D eigenvalue weighted by atomic mass is 10.1. The molecule has 4 nitrogen and oxygen atoms in total. The van der Waals surface area contributed by atoms with E-state index in [9.17, 15) is 4.79 Å². The number of nitrogen functional groups attached to an aromatic ring is 1. The van der Waals surface area contributed by atoms with Gasteiger partial charge in [0.05, 0.1) is 5.69 Å². The number of nitrogens with zero attached hydrogens (tertiary/aromatic N) is 1. The minimum atomic E-state index is -0.166. The number of nitriles is 1.